The van der Waals surface area contributed by atoms with Gasteiger partial charge in [-0.15, -0.1) is 6.42 Å². The second-order valence-electron chi connectivity index (χ2n) is 4.57. The van der Waals surface area contributed by atoms with Crippen LogP contribution in [-0.4, -0.2) is 15.6 Å². The fourth-order valence-corrected chi connectivity index (χ4v) is 1.39. The Hall–Kier alpha value is -1.80. The van der Waals surface area contributed by atoms with Gasteiger partial charge in [-0.3, -0.25) is 0 Å². The van der Waals surface area contributed by atoms with Crippen LogP contribution in [0.5, 0.6) is 5.88 Å². The summed E-state index contributed by atoms with van der Waals surface area (Å²) >= 11 is 0. The van der Waals surface area contributed by atoms with Crippen LogP contribution >= 0.6 is 0 Å². The van der Waals surface area contributed by atoms with E-state index in [-0.39, 0.29) is 0 Å². The molecule has 18 heavy (non-hydrogen) atoms. The molecular formula is C13H20N4O. The molecule has 0 saturated heterocycles. The van der Waals surface area contributed by atoms with Crippen molar-refractivity contribution in [3.8, 4) is 18.2 Å². The van der Waals surface area contributed by atoms with Crippen LogP contribution in [0.1, 0.15) is 38.6 Å². The van der Waals surface area contributed by atoms with Gasteiger partial charge in [-0.25, -0.2) is 10.8 Å². The number of aryl methyl sites for hydroxylation is 1. The van der Waals surface area contributed by atoms with Crippen molar-refractivity contribution in [3.05, 3.63) is 11.4 Å². The van der Waals surface area contributed by atoms with Gasteiger partial charge in [0.25, 0.3) is 0 Å². The number of hydrazine groups is 1. The zero-order chi connectivity index (χ0) is 13.8. The monoisotopic (exact) mass is 248 g/mol. The number of hydrogen-bond acceptors (Lipinski definition) is 5. The van der Waals surface area contributed by atoms with Gasteiger partial charge in [0.2, 0.25) is 5.88 Å². The lowest BCUT2D eigenvalue weighted by atomic mass is 10.1. The standard InChI is InChI=1S/C13H20N4O/c1-6-8-10-15-11(17-14)9(3)12(16-10)18-13(4,5)7-2/h2H,6,8,14H2,1,3-5H3,(H,15,16,17). The van der Waals surface area contributed by atoms with E-state index in [1.54, 1.807) is 0 Å². The van der Waals surface area contributed by atoms with Gasteiger partial charge in [0.05, 0.1) is 5.56 Å². The molecule has 0 aliphatic rings. The molecule has 3 N–H and O–H groups in total. The maximum absolute atomic E-state index is 5.73. The van der Waals surface area contributed by atoms with E-state index < -0.39 is 5.60 Å². The minimum atomic E-state index is -0.714. The summed E-state index contributed by atoms with van der Waals surface area (Å²) in [6.45, 7) is 7.52. The van der Waals surface area contributed by atoms with Crippen molar-refractivity contribution in [1.82, 2.24) is 9.97 Å². The molecule has 1 heterocycles. The summed E-state index contributed by atoms with van der Waals surface area (Å²) in [7, 11) is 0. The van der Waals surface area contributed by atoms with Crippen molar-refractivity contribution >= 4 is 5.82 Å². The zero-order valence-electron chi connectivity index (χ0n) is 11.4. The molecule has 0 aliphatic carbocycles. The van der Waals surface area contributed by atoms with Crippen LogP contribution in [0.3, 0.4) is 0 Å². The van der Waals surface area contributed by atoms with Gasteiger partial charge in [-0.2, -0.15) is 4.98 Å². The molecule has 0 saturated carbocycles. The van der Waals surface area contributed by atoms with Crippen LogP contribution in [0.4, 0.5) is 5.82 Å². The lowest BCUT2D eigenvalue weighted by Crippen LogP contribution is -2.27. The van der Waals surface area contributed by atoms with Crippen molar-refractivity contribution in [2.45, 2.75) is 46.1 Å². The van der Waals surface area contributed by atoms with Gasteiger partial charge in [0, 0.05) is 6.42 Å². The number of nitrogens with two attached hydrogens (primary N) is 1. The first-order valence-corrected chi connectivity index (χ1v) is 5.94. The first kappa shape index (κ1) is 14.3. The topological polar surface area (TPSA) is 73.1 Å². The Bertz CT molecular complexity index is 463. The van der Waals surface area contributed by atoms with E-state index in [1.807, 2.05) is 20.8 Å². The molecule has 0 fully saturated rings. The second kappa shape index (κ2) is 5.69. The molecule has 5 heteroatoms. The SMILES string of the molecule is C#CC(C)(C)Oc1nc(CCC)nc(NN)c1C. The van der Waals surface area contributed by atoms with E-state index in [9.17, 15) is 0 Å². The third kappa shape index (κ3) is 3.34. The number of nitrogens with zero attached hydrogens (tertiary/aromatic N) is 2. The second-order valence-corrected chi connectivity index (χ2v) is 4.57. The summed E-state index contributed by atoms with van der Waals surface area (Å²) in [5.74, 6) is 9.75. The van der Waals surface area contributed by atoms with E-state index >= 15 is 0 Å². The molecule has 1 aromatic rings. The lowest BCUT2D eigenvalue weighted by Gasteiger charge is -2.21. The van der Waals surface area contributed by atoms with E-state index in [4.69, 9.17) is 17.0 Å². The Kier molecular flexibility index (Phi) is 4.51. The maximum atomic E-state index is 5.73. The van der Waals surface area contributed by atoms with Gasteiger partial charge < -0.3 is 10.2 Å². The Balaban J connectivity index is 3.17. The highest BCUT2D eigenvalue weighted by molar-refractivity contribution is 5.48. The number of anilines is 1. The van der Waals surface area contributed by atoms with E-state index in [0.29, 0.717) is 17.5 Å². The summed E-state index contributed by atoms with van der Waals surface area (Å²) in [5, 5.41) is 0. The fourth-order valence-electron chi connectivity index (χ4n) is 1.39. The van der Waals surface area contributed by atoms with Crippen LogP contribution in [0, 0.1) is 19.3 Å². The molecule has 1 aromatic heterocycles. The molecule has 0 atom stereocenters. The van der Waals surface area contributed by atoms with Crippen molar-refractivity contribution in [2.75, 3.05) is 5.43 Å². The number of ether oxygens (including phenoxy) is 1. The minimum absolute atomic E-state index is 0.476. The van der Waals surface area contributed by atoms with E-state index in [1.165, 1.54) is 0 Å². The number of aromatic nitrogens is 2. The van der Waals surface area contributed by atoms with Gasteiger partial charge in [-0.1, -0.05) is 12.8 Å². The Labute approximate surface area is 108 Å². The fraction of sp³-hybridized carbons (Fsp3) is 0.538. The van der Waals surface area contributed by atoms with Gasteiger partial charge in [0.15, 0.2) is 5.60 Å². The predicted molar refractivity (Wildman–Crippen MR) is 72.1 cm³/mol. The van der Waals surface area contributed by atoms with E-state index in [2.05, 4.69) is 28.2 Å². The number of nitrogen functional groups attached to an aromatic ring is 1. The summed E-state index contributed by atoms with van der Waals surface area (Å²) in [5.41, 5.74) is 2.59. The van der Waals surface area contributed by atoms with E-state index in [0.717, 1.165) is 18.4 Å². The molecule has 0 spiro atoms. The smallest absolute Gasteiger partial charge is 0.223 e. The summed E-state index contributed by atoms with van der Waals surface area (Å²) in [4.78, 5) is 8.70. The molecule has 0 bridgehead atoms. The van der Waals surface area contributed by atoms with Crippen molar-refractivity contribution in [3.63, 3.8) is 0 Å². The molecular weight excluding hydrogens is 228 g/mol. The van der Waals surface area contributed by atoms with Crippen LogP contribution in [0.25, 0.3) is 0 Å². The van der Waals surface area contributed by atoms with Crippen molar-refractivity contribution < 1.29 is 4.74 Å². The highest BCUT2D eigenvalue weighted by atomic mass is 16.5. The number of hydrogen-bond donors (Lipinski definition) is 2. The normalized spacial score (nSPS) is 10.9. The van der Waals surface area contributed by atoms with Crippen LogP contribution in [-0.2, 0) is 6.42 Å². The van der Waals surface area contributed by atoms with Gasteiger partial charge in [0.1, 0.15) is 11.6 Å². The molecule has 0 aromatic carbocycles. The molecule has 98 valence electrons. The Morgan fingerprint density at radius 3 is 2.61 bits per heavy atom. The first-order valence-electron chi connectivity index (χ1n) is 5.94. The summed E-state index contributed by atoms with van der Waals surface area (Å²) < 4.78 is 5.73. The van der Waals surface area contributed by atoms with Crippen molar-refractivity contribution in [2.24, 2.45) is 5.84 Å². The highest BCUT2D eigenvalue weighted by Crippen LogP contribution is 2.25. The number of terminal acetylenes is 1. The average molecular weight is 248 g/mol. The maximum Gasteiger partial charge on any atom is 0.223 e. The molecule has 0 aliphatic heterocycles. The van der Waals surface area contributed by atoms with Gasteiger partial charge in [-0.05, 0) is 27.2 Å². The Morgan fingerprint density at radius 2 is 2.11 bits per heavy atom. The lowest BCUT2D eigenvalue weighted by molar-refractivity contribution is 0.162. The molecule has 5 nitrogen and oxygen atoms in total. The zero-order valence-corrected chi connectivity index (χ0v) is 11.4. The van der Waals surface area contributed by atoms with Crippen LogP contribution < -0.4 is 16.0 Å². The largest absolute Gasteiger partial charge is 0.458 e. The minimum Gasteiger partial charge on any atom is -0.458 e. The summed E-state index contributed by atoms with van der Waals surface area (Å²) in [6.07, 6.45) is 7.13. The molecule has 1 rings (SSSR count). The molecule has 0 unspecified atom stereocenters. The molecule has 0 amide bonds. The third-order valence-electron chi connectivity index (χ3n) is 2.46. The predicted octanol–water partition coefficient (Wildman–Crippen LogP) is 1.81. The quantitative estimate of drug-likeness (QED) is 0.472. The number of rotatable bonds is 5. The third-order valence-corrected chi connectivity index (χ3v) is 2.46. The van der Waals surface area contributed by atoms with Gasteiger partial charge >= 0.3 is 0 Å². The Morgan fingerprint density at radius 1 is 1.44 bits per heavy atom. The highest BCUT2D eigenvalue weighted by Gasteiger charge is 2.20. The van der Waals surface area contributed by atoms with Crippen molar-refractivity contribution in [1.29, 1.82) is 0 Å². The first-order chi connectivity index (χ1) is 8.43. The van der Waals surface area contributed by atoms with Crippen LogP contribution in [0.2, 0.25) is 0 Å². The number of nitrogens with one attached hydrogen (secondary N) is 1. The summed E-state index contributed by atoms with van der Waals surface area (Å²) in [6, 6.07) is 0. The van der Waals surface area contributed by atoms with Crippen LogP contribution in [0.15, 0.2) is 0 Å². The average Bonchev–Trinajstić information content (AvgIpc) is 2.33. The molecule has 0 radical (unpaired) electrons.